The first-order valence-electron chi connectivity index (χ1n) is 5.78. The number of benzene rings is 1. The number of rotatable bonds is 3. The van der Waals surface area contributed by atoms with Crippen molar-refractivity contribution in [1.82, 2.24) is 10.2 Å². The number of H-pyrrole nitrogens is 1. The Labute approximate surface area is 113 Å². The van der Waals surface area contributed by atoms with E-state index in [9.17, 15) is 14.2 Å². The number of amides is 1. The molecule has 0 fully saturated rings. The Kier molecular flexibility index (Phi) is 2.92. The van der Waals surface area contributed by atoms with Gasteiger partial charge in [-0.1, -0.05) is 0 Å². The van der Waals surface area contributed by atoms with E-state index in [-0.39, 0.29) is 23.5 Å². The summed E-state index contributed by atoms with van der Waals surface area (Å²) in [7, 11) is -1.24. The molecule has 1 aliphatic heterocycles. The molecule has 1 aliphatic rings. The average Bonchev–Trinajstić information content (AvgIpc) is 2.97. The maximum atomic E-state index is 13.9. The summed E-state index contributed by atoms with van der Waals surface area (Å²) in [4.78, 5) is 11.2. The van der Waals surface area contributed by atoms with Crippen molar-refractivity contribution in [1.29, 1.82) is 0 Å². The molecule has 0 saturated heterocycles. The molecule has 20 heavy (non-hydrogen) atoms. The van der Waals surface area contributed by atoms with Gasteiger partial charge in [-0.3, -0.25) is 9.89 Å². The Bertz CT molecular complexity index is 690. The van der Waals surface area contributed by atoms with Gasteiger partial charge in [-0.15, -0.1) is 0 Å². The SMILES string of the molecule is NC(=O)c1cn[nH]c1Nc1cc(F)c2c(c1)COB2O. The molecular formula is C11H10BFN4O3. The van der Waals surface area contributed by atoms with Crippen molar-refractivity contribution in [2.45, 2.75) is 6.61 Å². The Morgan fingerprint density at radius 2 is 2.40 bits per heavy atom. The second kappa shape index (κ2) is 4.62. The van der Waals surface area contributed by atoms with Gasteiger partial charge in [0, 0.05) is 11.2 Å². The lowest BCUT2D eigenvalue weighted by Crippen LogP contribution is -2.31. The zero-order valence-corrected chi connectivity index (χ0v) is 10.2. The number of nitrogens with one attached hydrogen (secondary N) is 2. The van der Waals surface area contributed by atoms with E-state index in [1.807, 2.05) is 0 Å². The van der Waals surface area contributed by atoms with Crippen molar-refractivity contribution in [3.63, 3.8) is 0 Å². The highest BCUT2D eigenvalue weighted by Gasteiger charge is 2.31. The van der Waals surface area contributed by atoms with Gasteiger partial charge in [0.2, 0.25) is 0 Å². The summed E-state index contributed by atoms with van der Waals surface area (Å²) in [5, 5.41) is 18.6. The normalized spacial score (nSPS) is 13.4. The van der Waals surface area contributed by atoms with Crippen LogP contribution in [-0.2, 0) is 11.3 Å². The number of primary amides is 1. The lowest BCUT2D eigenvalue weighted by Gasteiger charge is -2.08. The molecule has 0 radical (unpaired) electrons. The van der Waals surface area contributed by atoms with Crippen molar-refractivity contribution in [3.05, 3.63) is 35.3 Å². The molecule has 0 unspecified atom stereocenters. The zero-order chi connectivity index (χ0) is 14.3. The largest absolute Gasteiger partial charge is 0.494 e. The first-order valence-corrected chi connectivity index (χ1v) is 5.78. The Morgan fingerprint density at radius 1 is 1.60 bits per heavy atom. The predicted molar refractivity (Wildman–Crippen MR) is 69.2 cm³/mol. The van der Waals surface area contributed by atoms with Crippen LogP contribution in [0.5, 0.6) is 0 Å². The second-order valence-electron chi connectivity index (χ2n) is 4.34. The molecule has 0 saturated carbocycles. The van der Waals surface area contributed by atoms with E-state index in [1.165, 1.54) is 12.3 Å². The summed E-state index contributed by atoms with van der Waals surface area (Å²) in [5.41, 5.74) is 6.42. The van der Waals surface area contributed by atoms with E-state index < -0.39 is 18.8 Å². The number of nitrogens with zero attached hydrogens (tertiary/aromatic N) is 1. The summed E-state index contributed by atoms with van der Waals surface area (Å²) in [5.74, 6) is -0.965. The molecule has 2 heterocycles. The van der Waals surface area contributed by atoms with E-state index in [1.54, 1.807) is 6.07 Å². The van der Waals surface area contributed by atoms with Gasteiger partial charge < -0.3 is 20.7 Å². The molecule has 1 amide bonds. The van der Waals surface area contributed by atoms with Crippen LogP contribution >= 0.6 is 0 Å². The number of hydrogen-bond donors (Lipinski definition) is 4. The monoisotopic (exact) mass is 276 g/mol. The smallest absolute Gasteiger partial charge is 0.423 e. The standard InChI is InChI=1S/C11H10BFN4O3/c13-8-2-6(1-5-4-20-12(19)9(5)8)16-11-7(10(14)18)3-15-17-11/h1-3,19H,4H2,(H2,14,18)(H2,15,16,17). The Morgan fingerprint density at radius 3 is 3.15 bits per heavy atom. The van der Waals surface area contributed by atoms with Gasteiger partial charge in [0.1, 0.15) is 17.2 Å². The zero-order valence-electron chi connectivity index (χ0n) is 10.2. The van der Waals surface area contributed by atoms with Gasteiger partial charge in [0.05, 0.1) is 12.8 Å². The van der Waals surface area contributed by atoms with Crippen molar-refractivity contribution in [2.75, 3.05) is 5.32 Å². The fraction of sp³-hybridized carbons (Fsp3) is 0.0909. The highest BCUT2D eigenvalue weighted by atomic mass is 19.1. The van der Waals surface area contributed by atoms with Gasteiger partial charge in [-0.25, -0.2) is 4.39 Å². The van der Waals surface area contributed by atoms with Crippen LogP contribution in [-0.4, -0.2) is 28.2 Å². The summed E-state index contributed by atoms with van der Waals surface area (Å²) in [6.07, 6.45) is 1.28. The molecule has 9 heteroatoms. The molecular weight excluding hydrogens is 266 g/mol. The van der Waals surface area contributed by atoms with Gasteiger partial charge >= 0.3 is 7.12 Å². The number of nitrogens with two attached hydrogens (primary N) is 1. The number of aromatic nitrogens is 2. The number of hydrogen-bond acceptors (Lipinski definition) is 5. The summed E-state index contributed by atoms with van der Waals surface area (Å²) >= 11 is 0. The lowest BCUT2D eigenvalue weighted by atomic mass is 9.79. The third-order valence-corrected chi connectivity index (χ3v) is 3.03. The third-order valence-electron chi connectivity index (χ3n) is 3.03. The van der Waals surface area contributed by atoms with Crippen molar-refractivity contribution in [2.24, 2.45) is 5.73 Å². The van der Waals surface area contributed by atoms with Crippen LogP contribution in [0.3, 0.4) is 0 Å². The van der Waals surface area contributed by atoms with Crippen LogP contribution in [0.25, 0.3) is 0 Å². The first kappa shape index (κ1) is 12.6. The van der Waals surface area contributed by atoms with Crippen molar-refractivity contribution >= 4 is 30.0 Å². The number of halogens is 1. The van der Waals surface area contributed by atoms with Crippen LogP contribution in [0, 0.1) is 5.82 Å². The van der Waals surface area contributed by atoms with Gasteiger partial charge in [-0.2, -0.15) is 5.10 Å². The predicted octanol–water partition coefficient (Wildman–Crippen LogP) is -0.391. The fourth-order valence-corrected chi connectivity index (χ4v) is 2.11. The molecule has 2 aromatic rings. The van der Waals surface area contributed by atoms with Gasteiger partial charge in [-0.05, 0) is 17.7 Å². The number of fused-ring (bicyclic) bond motifs is 1. The summed E-state index contributed by atoms with van der Waals surface area (Å²) in [6.45, 7) is 0.120. The molecule has 7 nitrogen and oxygen atoms in total. The van der Waals surface area contributed by atoms with Gasteiger partial charge in [0.15, 0.2) is 0 Å². The van der Waals surface area contributed by atoms with Crippen molar-refractivity contribution in [3.8, 4) is 0 Å². The quantitative estimate of drug-likeness (QED) is 0.570. The molecule has 5 N–H and O–H groups in total. The minimum absolute atomic E-state index is 0.120. The van der Waals surface area contributed by atoms with E-state index in [2.05, 4.69) is 15.5 Å². The highest BCUT2D eigenvalue weighted by molar-refractivity contribution is 6.61. The Hall–Kier alpha value is -2.39. The van der Waals surface area contributed by atoms with Crippen LogP contribution in [0.2, 0.25) is 0 Å². The topological polar surface area (TPSA) is 113 Å². The van der Waals surface area contributed by atoms with Crippen LogP contribution in [0.1, 0.15) is 15.9 Å². The number of anilines is 2. The van der Waals surface area contributed by atoms with E-state index in [4.69, 9.17) is 10.4 Å². The maximum absolute atomic E-state index is 13.9. The number of aromatic amines is 1. The van der Waals surface area contributed by atoms with Gasteiger partial charge in [0.25, 0.3) is 5.91 Å². The van der Waals surface area contributed by atoms with E-state index >= 15 is 0 Å². The number of carbonyl (C=O) groups excluding carboxylic acids is 1. The molecule has 102 valence electrons. The molecule has 1 aromatic carbocycles. The van der Waals surface area contributed by atoms with Crippen LogP contribution < -0.4 is 16.5 Å². The number of carbonyl (C=O) groups is 1. The fourth-order valence-electron chi connectivity index (χ4n) is 2.11. The maximum Gasteiger partial charge on any atom is 0.494 e. The van der Waals surface area contributed by atoms with E-state index in [0.717, 1.165) is 0 Å². The molecule has 0 aliphatic carbocycles. The Balaban J connectivity index is 1.94. The molecule has 3 rings (SSSR count). The van der Waals surface area contributed by atoms with Crippen LogP contribution in [0.15, 0.2) is 18.3 Å². The summed E-state index contributed by atoms with van der Waals surface area (Å²) in [6, 6.07) is 2.82. The molecule has 0 spiro atoms. The van der Waals surface area contributed by atoms with Crippen LogP contribution in [0.4, 0.5) is 15.9 Å². The lowest BCUT2D eigenvalue weighted by molar-refractivity contribution is 0.100. The minimum Gasteiger partial charge on any atom is -0.423 e. The summed E-state index contributed by atoms with van der Waals surface area (Å²) < 4.78 is 18.8. The average molecular weight is 276 g/mol. The van der Waals surface area contributed by atoms with Crippen molar-refractivity contribution < 1.29 is 18.9 Å². The highest BCUT2D eigenvalue weighted by Crippen LogP contribution is 2.22. The molecule has 0 bridgehead atoms. The first-order chi connectivity index (χ1) is 9.56. The third kappa shape index (κ3) is 2.02. The minimum atomic E-state index is -1.24. The van der Waals surface area contributed by atoms with E-state index in [0.29, 0.717) is 11.3 Å². The second-order valence-corrected chi connectivity index (χ2v) is 4.34. The molecule has 1 aromatic heterocycles. The molecule has 0 atom stereocenters.